The lowest BCUT2D eigenvalue weighted by Crippen LogP contribution is -2.35. The van der Waals surface area contributed by atoms with Crippen LogP contribution in [0.4, 0.5) is 28.4 Å². The quantitative estimate of drug-likeness (QED) is 0.317. The minimum Gasteiger partial charge on any atom is -0.355 e. The molecule has 0 aromatic heterocycles. The SMILES string of the molecule is CC1(C)c2cc(N3C4=CC=CCC4C=CC4=C3C=CCC4)ccc2Nc2ccc(N3c4ccccc4C=CC4C=CC=CC43)cc21. The van der Waals surface area contributed by atoms with Crippen LogP contribution in [0, 0.1) is 11.8 Å². The van der Waals surface area contributed by atoms with Crippen molar-refractivity contribution in [2.75, 3.05) is 15.1 Å². The molecular formula is C43H39N3. The molecule has 0 saturated carbocycles. The van der Waals surface area contributed by atoms with E-state index in [0.29, 0.717) is 11.8 Å². The van der Waals surface area contributed by atoms with Crippen molar-refractivity contribution in [1.29, 1.82) is 0 Å². The normalized spacial score (nSPS) is 24.5. The van der Waals surface area contributed by atoms with E-state index in [9.17, 15) is 0 Å². The highest BCUT2D eigenvalue weighted by Gasteiger charge is 2.36. The number of benzene rings is 3. The van der Waals surface area contributed by atoms with Crippen molar-refractivity contribution in [2.24, 2.45) is 11.8 Å². The van der Waals surface area contributed by atoms with Gasteiger partial charge < -0.3 is 15.1 Å². The number of nitrogens with one attached hydrogen (secondary N) is 1. The molecule has 1 N–H and O–H groups in total. The van der Waals surface area contributed by atoms with Crippen LogP contribution in [-0.4, -0.2) is 6.04 Å². The molecule has 3 aromatic carbocycles. The summed E-state index contributed by atoms with van der Waals surface area (Å²) in [6, 6.07) is 23.1. The van der Waals surface area contributed by atoms with Gasteiger partial charge in [-0.15, -0.1) is 0 Å². The van der Waals surface area contributed by atoms with Crippen molar-refractivity contribution in [3.05, 3.63) is 167 Å². The predicted molar refractivity (Wildman–Crippen MR) is 194 cm³/mol. The lowest BCUT2D eigenvalue weighted by Gasteiger charge is -2.40. The highest BCUT2D eigenvalue weighted by molar-refractivity contribution is 5.83. The van der Waals surface area contributed by atoms with Gasteiger partial charge in [0.2, 0.25) is 0 Å². The van der Waals surface area contributed by atoms with Gasteiger partial charge in [0.1, 0.15) is 0 Å². The molecule has 3 heterocycles. The predicted octanol–water partition coefficient (Wildman–Crippen LogP) is 10.8. The number of hydrogen-bond acceptors (Lipinski definition) is 3. The molecule has 0 bridgehead atoms. The Morgan fingerprint density at radius 3 is 2.46 bits per heavy atom. The lowest BCUT2D eigenvalue weighted by molar-refractivity contribution is 0.634. The van der Waals surface area contributed by atoms with E-state index < -0.39 is 0 Å². The Balaban J connectivity index is 1.15. The molecule has 0 amide bonds. The smallest absolute Gasteiger partial charge is 0.0623 e. The van der Waals surface area contributed by atoms with Gasteiger partial charge in [-0.3, -0.25) is 0 Å². The molecule has 0 radical (unpaired) electrons. The van der Waals surface area contributed by atoms with Gasteiger partial charge in [-0.1, -0.05) is 98.9 Å². The maximum atomic E-state index is 3.83. The summed E-state index contributed by atoms with van der Waals surface area (Å²) in [6.45, 7) is 4.79. The van der Waals surface area contributed by atoms with Crippen LogP contribution in [0.5, 0.6) is 0 Å². The van der Waals surface area contributed by atoms with Crippen molar-refractivity contribution >= 4 is 34.5 Å². The van der Waals surface area contributed by atoms with Crippen LogP contribution in [0.3, 0.4) is 0 Å². The molecule has 3 aromatic rings. The van der Waals surface area contributed by atoms with Crippen LogP contribution < -0.4 is 15.1 Å². The number of para-hydroxylation sites is 1. The Hall–Kier alpha value is -5.02. The summed E-state index contributed by atoms with van der Waals surface area (Å²) >= 11 is 0. The van der Waals surface area contributed by atoms with E-state index in [1.54, 1.807) is 0 Å². The Morgan fingerprint density at radius 1 is 0.761 bits per heavy atom. The van der Waals surface area contributed by atoms with Crippen LogP contribution in [0.2, 0.25) is 0 Å². The van der Waals surface area contributed by atoms with Crippen LogP contribution in [0.15, 0.2) is 151 Å². The zero-order valence-electron chi connectivity index (χ0n) is 26.5. The second kappa shape index (κ2) is 10.5. The van der Waals surface area contributed by atoms with Crippen LogP contribution in [-0.2, 0) is 5.41 Å². The van der Waals surface area contributed by atoms with Gasteiger partial charge in [-0.05, 0) is 96.1 Å². The van der Waals surface area contributed by atoms with E-state index in [1.807, 2.05) is 0 Å². The molecular weight excluding hydrogens is 558 g/mol. The second-order valence-corrected chi connectivity index (χ2v) is 13.7. The molecule has 3 aliphatic heterocycles. The highest BCUT2D eigenvalue weighted by Crippen LogP contribution is 2.50. The van der Waals surface area contributed by atoms with Crippen molar-refractivity contribution in [1.82, 2.24) is 0 Å². The summed E-state index contributed by atoms with van der Waals surface area (Å²) in [5.41, 5.74) is 13.9. The van der Waals surface area contributed by atoms with E-state index in [4.69, 9.17) is 0 Å². The largest absolute Gasteiger partial charge is 0.355 e. The molecule has 0 saturated heterocycles. The van der Waals surface area contributed by atoms with Gasteiger partial charge in [0.25, 0.3) is 0 Å². The van der Waals surface area contributed by atoms with Gasteiger partial charge in [-0.25, -0.2) is 0 Å². The number of allylic oxidation sites excluding steroid dienone is 10. The zero-order valence-corrected chi connectivity index (χ0v) is 26.5. The molecule has 3 heteroatoms. The molecule has 9 rings (SSSR count). The summed E-state index contributed by atoms with van der Waals surface area (Å²) < 4.78 is 0. The zero-order chi connectivity index (χ0) is 30.8. The van der Waals surface area contributed by atoms with Gasteiger partial charge in [0.05, 0.1) is 6.04 Å². The first kappa shape index (κ1) is 27.3. The summed E-state index contributed by atoms with van der Waals surface area (Å²) in [7, 11) is 0. The van der Waals surface area contributed by atoms with E-state index >= 15 is 0 Å². The van der Waals surface area contributed by atoms with E-state index in [0.717, 1.165) is 19.3 Å². The Labute approximate surface area is 272 Å². The molecule has 226 valence electrons. The molecule has 6 aliphatic rings. The molecule has 46 heavy (non-hydrogen) atoms. The van der Waals surface area contributed by atoms with Crippen molar-refractivity contribution in [3.63, 3.8) is 0 Å². The third kappa shape index (κ3) is 4.25. The Bertz CT molecular complexity index is 2010. The second-order valence-electron chi connectivity index (χ2n) is 13.7. The maximum absolute atomic E-state index is 3.83. The van der Waals surface area contributed by atoms with Crippen LogP contribution in [0.25, 0.3) is 6.08 Å². The monoisotopic (exact) mass is 597 g/mol. The standard InChI is InChI=1S/C43H39N3/c1-43(2)35-27-33(45-39-15-7-3-11-29(39)19-20-30-12-4-8-16-40(30)45)23-25-37(35)44-38-26-24-34(28-36(38)43)46-41-17-9-5-13-31(41)21-22-32-14-6-10-18-42(32)46/h3-5,7-12,15-29,31,39,44H,6,13-14H2,1-2H3. The summed E-state index contributed by atoms with van der Waals surface area (Å²) in [4.78, 5) is 5.07. The highest BCUT2D eigenvalue weighted by atomic mass is 15.2. The van der Waals surface area contributed by atoms with Gasteiger partial charge in [-0.2, -0.15) is 0 Å². The third-order valence-electron chi connectivity index (χ3n) is 10.7. The van der Waals surface area contributed by atoms with E-state index in [2.05, 4.69) is 169 Å². The first-order valence-corrected chi connectivity index (χ1v) is 16.8. The Morgan fingerprint density at radius 2 is 1.57 bits per heavy atom. The number of rotatable bonds is 2. The number of hydrogen-bond donors (Lipinski definition) is 1. The van der Waals surface area contributed by atoms with Crippen LogP contribution in [0.1, 0.15) is 49.8 Å². The van der Waals surface area contributed by atoms with Gasteiger partial charge in [0.15, 0.2) is 0 Å². The minimum absolute atomic E-state index is 0.211. The molecule has 3 atom stereocenters. The summed E-state index contributed by atoms with van der Waals surface area (Å²) in [5.74, 6) is 0.694. The number of fused-ring (bicyclic) bond motifs is 5. The van der Waals surface area contributed by atoms with Crippen molar-refractivity contribution < 1.29 is 0 Å². The van der Waals surface area contributed by atoms with Gasteiger partial charge in [0, 0.05) is 57.1 Å². The first-order chi connectivity index (χ1) is 22.6. The minimum atomic E-state index is -0.211. The van der Waals surface area contributed by atoms with Gasteiger partial charge >= 0.3 is 0 Å². The molecule has 0 fully saturated rings. The number of nitrogens with zero attached hydrogens (tertiary/aromatic N) is 2. The Kier molecular flexibility index (Phi) is 6.25. The maximum Gasteiger partial charge on any atom is 0.0623 e. The fraction of sp³-hybridized carbons (Fsp3) is 0.209. The average molecular weight is 598 g/mol. The number of anilines is 5. The molecule has 3 unspecified atom stereocenters. The van der Waals surface area contributed by atoms with Crippen molar-refractivity contribution in [2.45, 2.75) is 44.6 Å². The fourth-order valence-electron chi connectivity index (χ4n) is 8.25. The third-order valence-corrected chi connectivity index (χ3v) is 10.7. The summed E-state index contributed by atoms with van der Waals surface area (Å²) in [5, 5.41) is 3.83. The summed E-state index contributed by atoms with van der Waals surface area (Å²) in [6.07, 6.45) is 33.2. The van der Waals surface area contributed by atoms with Crippen molar-refractivity contribution in [3.8, 4) is 0 Å². The average Bonchev–Trinajstić information content (AvgIpc) is 3.37. The molecule has 3 aliphatic carbocycles. The lowest BCUT2D eigenvalue weighted by atomic mass is 9.74. The molecule has 0 spiro atoms. The van der Waals surface area contributed by atoms with Crippen LogP contribution >= 0.6 is 0 Å². The van der Waals surface area contributed by atoms with E-state index in [-0.39, 0.29) is 11.5 Å². The topological polar surface area (TPSA) is 18.5 Å². The van der Waals surface area contributed by atoms with E-state index in [1.165, 1.54) is 62.1 Å². The fourth-order valence-corrected chi connectivity index (χ4v) is 8.25. The first-order valence-electron chi connectivity index (χ1n) is 16.8. The molecule has 3 nitrogen and oxygen atoms in total.